The summed E-state index contributed by atoms with van der Waals surface area (Å²) < 4.78 is 25.5. The number of anilines is 1. The summed E-state index contributed by atoms with van der Waals surface area (Å²) in [4.78, 5) is 12.3. The molecule has 0 spiro atoms. The first-order valence-electron chi connectivity index (χ1n) is 6.55. The lowest BCUT2D eigenvalue weighted by Crippen LogP contribution is -2.40. The Morgan fingerprint density at radius 2 is 1.95 bits per heavy atom. The van der Waals surface area contributed by atoms with E-state index in [0.717, 1.165) is 4.90 Å². The summed E-state index contributed by atoms with van der Waals surface area (Å²) in [6.45, 7) is 1.86. The first-order valence-corrected chi connectivity index (χ1v) is 9.15. The molecule has 6 nitrogen and oxygen atoms in total. The summed E-state index contributed by atoms with van der Waals surface area (Å²) in [6.07, 6.45) is 0. The largest absolute Gasteiger partial charge is 0.399 e. The van der Waals surface area contributed by atoms with E-state index < -0.39 is 10.0 Å². The highest BCUT2D eigenvalue weighted by Gasteiger charge is 2.22. The van der Waals surface area contributed by atoms with Gasteiger partial charge in [0.05, 0.1) is 12.3 Å². The molecule has 118 valence electrons. The minimum Gasteiger partial charge on any atom is -0.399 e. The number of nitrogens with one attached hydrogen (secondary N) is 1. The maximum Gasteiger partial charge on any atom is 0.235 e. The SMILES string of the molecule is CCN(CC(=O)NC)S(=O)(=O)CCSc1ccc(N)cc1. The van der Waals surface area contributed by atoms with Crippen molar-refractivity contribution >= 4 is 33.4 Å². The predicted octanol–water partition coefficient (Wildman–Crippen LogP) is 0.759. The van der Waals surface area contributed by atoms with Gasteiger partial charge in [-0.3, -0.25) is 4.79 Å². The minimum absolute atomic E-state index is 0.00707. The number of sulfonamides is 1. The number of nitrogens with zero attached hydrogens (tertiary/aromatic N) is 1. The van der Waals surface area contributed by atoms with Crippen LogP contribution in [0, 0.1) is 0 Å². The quantitative estimate of drug-likeness (QED) is 0.542. The number of benzene rings is 1. The third kappa shape index (κ3) is 5.94. The minimum atomic E-state index is -3.43. The third-order valence-corrected chi connectivity index (χ3v) is 6.00. The van der Waals surface area contributed by atoms with Crippen LogP contribution in [0.2, 0.25) is 0 Å². The molecule has 3 N–H and O–H groups in total. The van der Waals surface area contributed by atoms with Crippen LogP contribution < -0.4 is 11.1 Å². The topological polar surface area (TPSA) is 92.5 Å². The molecule has 0 aromatic heterocycles. The molecule has 1 aromatic carbocycles. The number of rotatable bonds is 8. The number of likely N-dealkylation sites (N-methyl/N-ethyl adjacent to an activating group) is 2. The average molecular weight is 331 g/mol. The van der Waals surface area contributed by atoms with Gasteiger partial charge in [-0.1, -0.05) is 6.92 Å². The number of carbonyl (C=O) groups excluding carboxylic acids is 1. The zero-order chi connectivity index (χ0) is 15.9. The zero-order valence-corrected chi connectivity index (χ0v) is 13.8. The standard InChI is InChI=1S/C13H21N3O3S2/c1-3-16(10-13(17)15-2)21(18,19)9-8-20-12-6-4-11(14)5-7-12/h4-7H,3,8-10,14H2,1-2H3,(H,15,17). The van der Waals surface area contributed by atoms with Crippen molar-refractivity contribution in [1.82, 2.24) is 9.62 Å². The van der Waals surface area contributed by atoms with Gasteiger partial charge in [0.25, 0.3) is 0 Å². The monoisotopic (exact) mass is 331 g/mol. The van der Waals surface area contributed by atoms with Crippen LogP contribution in [0.5, 0.6) is 0 Å². The Morgan fingerprint density at radius 1 is 1.33 bits per heavy atom. The number of carbonyl (C=O) groups is 1. The number of nitrogens with two attached hydrogens (primary N) is 1. The Hall–Kier alpha value is -1.25. The Morgan fingerprint density at radius 3 is 2.48 bits per heavy atom. The van der Waals surface area contributed by atoms with Crippen molar-refractivity contribution in [3.8, 4) is 0 Å². The highest BCUT2D eigenvalue weighted by atomic mass is 32.2. The van der Waals surface area contributed by atoms with Crippen LogP contribution in [0.3, 0.4) is 0 Å². The summed E-state index contributed by atoms with van der Waals surface area (Å²) in [5.41, 5.74) is 6.27. The second-order valence-electron chi connectivity index (χ2n) is 4.33. The van der Waals surface area contributed by atoms with Crippen LogP contribution in [-0.2, 0) is 14.8 Å². The van der Waals surface area contributed by atoms with Crippen LogP contribution in [0.25, 0.3) is 0 Å². The van der Waals surface area contributed by atoms with E-state index >= 15 is 0 Å². The molecule has 21 heavy (non-hydrogen) atoms. The van der Waals surface area contributed by atoms with Gasteiger partial charge in [-0.05, 0) is 24.3 Å². The van der Waals surface area contributed by atoms with Crippen LogP contribution >= 0.6 is 11.8 Å². The lowest BCUT2D eigenvalue weighted by Gasteiger charge is -2.19. The first kappa shape index (κ1) is 17.8. The molecule has 0 aliphatic rings. The smallest absolute Gasteiger partial charge is 0.235 e. The molecule has 0 fully saturated rings. The second kappa shape index (κ2) is 8.26. The van der Waals surface area contributed by atoms with E-state index in [1.165, 1.54) is 23.1 Å². The summed E-state index contributed by atoms with van der Waals surface area (Å²) in [6, 6.07) is 7.27. The van der Waals surface area contributed by atoms with E-state index in [9.17, 15) is 13.2 Å². The lowest BCUT2D eigenvalue weighted by atomic mass is 10.3. The zero-order valence-electron chi connectivity index (χ0n) is 12.2. The van der Waals surface area contributed by atoms with E-state index in [4.69, 9.17) is 5.73 Å². The molecule has 0 heterocycles. The molecule has 0 unspecified atom stereocenters. The molecule has 1 aromatic rings. The van der Waals surface area contributed by atoms with Crippen molar-refractivity contribution in [2.45, 2.75) is 11.8 Å². The van der Waals surface area contributed by atoms with Crippen molar-refractivity contribution in [3.63, 3.8) is 0 Å². The van der Waals surface area contributed by atoms with Gasteiger partial charge in [0, 0.05) is 29.9 Å². The molecule has 0 bridgehead atoms. The van der Waals surface area contributed by atoms with E-state index in [2.05, 4.69) is 5.32 Å². The summed E-state index contributed by atoms with van der Waals surface area (Å²) in [5, 5.41) is 2.43. The van der Waals surface area contributed by atoms with Gasteiger partial charge in [0.1, 0.15) is 0 Å². The molecule has 0 saturated carbocycles. The fraction of sp³-hybridized carbons (Fsp3) is 0.462. The number of hydrogen-bond acceptors (Lipinski definition) is 5. The molecule has 8 heteroatoms. The maximum absolute atomic E-state index is 12.2. The normalized spacial score (nSPS) is 11.6. The van der Waals surface area contributed by atoms with Gasteiger partial charge in [0.2, 0.25) is 15.9 Å². The molecule has 0 atom stereocenters. The number of nitrogen functional groups attached to an aromatic ring is 1. The Balaban J connectivity index is 2.54. The average Bonchev–Trinajstić information content (AvgIpc) is 2.46. The Labute approximate surface area is 130 Å². The van der Waals surface area contributed by atoms with E-state index in [-0.39, 0.29) is 24.7 Å². The molecular weight excluding hydrogens is 310 g/mol. The molecule has 1 amide bonds. The fourth-order valence-corrected chi connectivity index (χ4v) is 4.31. The van der Waals surface area contributed by atoms with Crippen molar-refractivity contribution in [3.05, 3.63) is 24.3 Å². The van der Waals surface area contributed by atoms with Gasteiger partial charge in [-0.25, -0.2) is 8.42 Å². The number of hydrogen-bond donors (Lipinski definition) is 2. The Kier molecular flexibility index (Phi) is 7.00. The highest BCUT2D eigenvalue weighted by molar-refractivity contribution is 8.00. The van der Waals surface area contributed by atoms with Gasteiger partial charge in [0.15, 0.2) is 0 Å². The first-order chi connectivity index (χ1) is 9.89. The Bertz CT molecular complexity index is 559. The van der Waals surface area contributed by atoms with Crippen molar-refractivity contribution in [2.24, 2.45) is 0 Å². The molecular formula is C13H21N3O3S2. The van der Waals surface area contributed by atoms with Gasteiger partial charge in [-0.2, -0.15) is 4.31 Å². The maximum atomic E-state index is 12.2. The summed E-state index contributed by atoms with van der Waals surface area (Å²) in [5.74, 6) is 0.107. The highest BCUT2D eigenvalue weighted by Crippen LogP contribution is 2.19. The van der Waals surface area contributed by atoms with E-state index in [1.54, 1.807) is 19.1 Å². The predicted molar refractivity (Wildman–Crippen MR) is 86.7 cm³/mol. The molecule has 0 radical (unpaired) electrons. The lowest BCUT2D eigenvalue weighted by molar-refractivity contribution is -0.120. The fourth-order valence-electron chi connectivity index (χ4n) is 1.60. The molecule has 0 aliphatic heterocycles. The van der Waals surface area contributed by atoms with Gasteiger partial charge in [-0.15, -0.1) is 11.8 Å². The van der Waals surface area contributed by atoms with E-state index in [0.29, 0.717) is 11.4 Å². The van der Waals surface area contributed by atoms with Crippen LogP contribution in [-0.4, -0.2) is 50.3 Å². The van der Waals surface area contributed by atoms with Crippen molar-refractivity contribution in [2.75, 3.05) is 37.4 Å². The third-order valence-electron chi connectivity index (χ3n) is 2.84. The number of thioether (sulfide) groups is 1. The van der Waals surface area contributed by atoms with Crippen molar-refractivity contribution in [1.29, 1.82) is 0 Å². The van der Waals surface area contributed by atoms with E-state index in [1.807, 2.05) is 12.1 Å². The molecule has 0 aliphatic carbocycles. The summed E-state index contributed by atoms with van der Waals surface area (Å²) in [7, 11) is -1.94. The van der Waals surface area contributed by atoms with Crippen LogP contribution in [0.15, 0.2) is 29.2 Å². The summed E-state index contributed by atoms with van der Waals surface area (Å²) >= 11 is 1.45. The molecule has 1 rings (SSSR count). The van der Waals surface area contributed by atoms with Crippen LogP contribution in [0.4, 0.5) is 5.69 Å². The van der Waals surface area contributed by atoms with Crippen LogP contribution in [0.1, 0.15) is 6.92 Å². The van der Waals surface area contributed by atoms with Crippen molar-refractivity contribution < 1.29 is 13.2 Å². The van der Waals surface area contributed by atoms with Gasteiger partial charge < -0.3 is 11.1 Å². The number of amides is 1. The van der Waals surface area contributed by atoms with Gasteiger partial charge >= 0.3 is 0 Å². The molecule has 0 saturated heterocycles. The second-order valence-corrected chi connectivity index (χ2v) is 7.59.